The van der Waals surface area contributed by atoms with Crippen molar-refractivity contribution >= 4 is 44.9 Å². The van der Waals surface area contributed by atoms with Gasteiger partial charge in [0.05, 0.1) is 35.7 Å². The summed E-state index contributed by atoms with van der Waals surface area (Å²) >= 11 is 6.16. The Kier molecular flexibility index (Phi) is 5.92. The van der Waals surface area contributed by atoms with Crippen LogP contribution in [-0.2, 0) is 21.3 Å². The molecule has 0 spiro atoms. The highest BCUT2D eigenvalue weighted by atomic mass is 35.5. The fourth-order valence-electron chi connectivity index (χ4n) is 4.04. The molecule has 0 bridgehead atoms. The van der Waals surface area contributed by atoms with Gasteiger partial charge in [0, 0.05) is 29.6 Å². The molecule has 170 valence electrons. The number of hydrogen-bond donors (Lipinski definition) is 2. The summed E-state index contributed by atoms with van der Waals surface area (Å²) in [4.78, 5) is 8.72. The largest absolute Gasteiger partial charge is 0.376 e. The topological polar surface area (TPSA) is 99.9 Å². The van der Waals surface area contributed by atoms with Gasteiger partial charge in [-0.25, -0.2) is 9.19 Å². The van der Waals surface area contributed by atoms with Crippen LogP contribution in [0.1, 0.15) is 11.1 Å². The molecule has 4 aromatic rings. The van der Waals surface area contributed by atoms with E-state index in [4.69, 9.17) is 16.3 Å². The molecular formula is C25H20ClN5O2S. The summed E-state index contributed by atoms with van der Waals surface area (Å²) in [6.07, 6.45) is 4.77. The number of nitrogens with zero attached hydrogens (tertiary/aromatic N) is 3. The number of hydrogen-bond acceptors (Lipinski definition) is 6. The first-order chi connectivity index (χ1) is 16.5. The number of benzene rings is 2. The van der Waals surface area contributed by atoms with E-state index in [0.717, 1.165) is 27.6 Å². The summed E-state index contributed by atoms with van der Waals surface area (Å²) in [6.45, 7) is 0.991. The van der Waals surface area contributed by atoms with Gasteiger partial charge in [-0.15, -0.1) is 0 Å². The lowest BCUT2D eigenvalue weighted by Crippen LogP contribution is -2.53. The normalized spacial score (nSPS) is 15.2. The summed E-state index contributed by atoms with van der Waals surface area (Å²) < 4.78 is 20.0. The molecule has 7 nitrogen and oxygen atoms in total. The molecular weight excluding hydrogens is 470 g/mol. The van der Waals surface area contributed by atoms with E-state index in [1.165, 1.54) is 6.26 Å². The molecule has 0 aliphatic carbocycles. The first-order valence-corrected chi connectivity index (χ1v) is 12.4. The van der Waals surface area contributed by atoms with Gasteiger partial charge in [-0.1, -0.05) is 48.0 Å². The van der Waals surface area contributed by atoms with Crippen LogP contribution in [0.5, 0.6) is 0 Å². The highest BCUT2D eigenvalue weighted by Gasteiger charge is 2.41. The average Bonchev–Trinajstić information content (AvgIpc) is 2.82. The standard InChI is InChI=1S/C25H20ClN5O2S/c1-34(32)31-22-10-17(12-29-24(22)26)16-7-8-21-20(9-16)23(18(11-27)13-28-21)30-25(14-33-15-25)19-5-3-2-4-6-19/h2-10,12-13,31H,14-15H2,1H3,(H,28,30). The molecule has 1 unspecified atom stereocenters. The molecule has 1 saturated heterocycles. The number of anilines is 2. The Morgan fingerprint density at radius 1 is 1.09 bits per heavy atom. The van der Waals surface area contributed by atoms with Gasteiger partial charge in [0.15, 0.2) is 5.15 Å². The van der Waals surface area contributed by atoms with Crippen LogP contribution in [0.2, 0.25) is 5.15 Å². The molecule has 0 amide bonds. The SMILES string of the molecule is CS(=O)Nc1cc(-c2ccc3ncc(C#N)c(NC4(c5ccccc5)COC4)c3c2)cnc1Cl. The minimum Gasteiger partial charge on any atom is -0.376 e. The van der Waals surface area contributed by atoms with Crippen molar-refractivity contribution in [1.82, 2.24) is 9.97 Å². The Labute approximate surface area is 204 Å². The second kappa shape index (κ2) is 9.03. The molecule has 2 aromatic heterocycles. The molecule has 34 heavy (non-hydrogen) atoms. The summed E-state index contributed by atoms with van der Waals surface area (Å²) in [5, 5.41) is 14.5. The molecule has 5 rings (SSSR count). The highest BCUT2D eigenvalue weighted by molar-refractivity contribution is 7.85. The molecule has 1 aliphatic rings. The number of fused-ring (bicyclic) bond motifs is 1. The van der Waals surface area contributed by atoms with Gasteiger partial charge in [0.2, 0.25) is 0 Å². The molecule has 1 aliphatic heterocycles. The monoisotopic (exact) mass is 489 g/mol. The van der Waals surface area contributed by atoms with Gasteiger partial charge in [0.25, 0.3) is 0 Å². The Bertz CT molecular complexity index is 1450. The van der Waals surface area contributed by atoms with Gasteiger partial charge < -0.3 is 14.8 Å². The van der Waals surface area contributed by atoms with E-state index in [1.54, 1.807) is 18.5 Å². The third-order valence-electron chi connectivity index (χ3n) is 5.80. The van der Waals surface area contributed by atoms with Crippen molar-refractivity contribution in [1.29, 1.82) is 5.26 Å². The molecule has 0 saturated carbocycles. The maximum Gasteiger partial charge on any atom is 0.153 e. The summed E-state index contributed by atoms with van der Waals surface area (Å²) in [5.41, 5.74) is 4.71. The van der Waals surface area contributed by atoms with Crippen molar-refractivity contribution in [2.75, 3.05) is 29.5 Å². The Hall–Kier alpha value is -3.51. The zero-order chi connectivity index (χ0) is 23.7. The van der Waals surface area contributed by atoms with Crippen molar-refractivity contribution < 1.29 is 8.95 Å². The van der Waals surface area contributed by atoms with Crippen LogP contribution in [-0.4, -0.2) is 33.6 Å². The third-order valence-corrected chi connectivity index (χ3v) is 6.61. The molecule has 2 aromatic carbocycles. The average molecular weight is 490 g/mol. The summed E-state index contributed by atoms with van der Waals surface area (Å²) in [6, 6.07) is 20.0. The number of rotatable bonds is 6. The van der Waals surface area contributed by atoms with E-state index in [-0.39, 0.29) is 5.15 Å². The fourth-order valence-corrected chi connectivity index (χ4v) is 4.71. The van der Waals surface area contributed by atoms with E-state index >= 15 is 0 Å². The molecule has 0 radical (unpaired) electrons. The predicted molar refractivity (Wildman–Crippen MR) is 135 cm³/mol. The van der Waals surface area contributed by atoms with E-state index in [9.17, 15) is 9.47 Å². The number of pyridine rings is 2. The van der Waals surface area contributed by atoms with Gasteiger partial charge in [0.1, 0.15) is 22.6 Å². The van der Waals surface area contributed by atoms with Crippen molar-refractivity contribution in [3.63, 3.8) is 0 Å². The fraction of sp³-hybridized carbons (Fsp3) is 0.160. The van der Waals surface area contributed by atoms with Crippen LogP contribution in [0.25, 0.3) is 22.0 Å². The van der Waals surface area contributed by atoms with E-state index < -0.39 is 16.5 Å². The molecule has 3 heterocycles. The summed E-state index contributed by atoms with van der Waals surface area (Å²) in [7, 11) is -1.29. The first-order valence-electron chi connectivity index (χ1n) is 10.5. The van der Waals surface area contributed by atoms with Crippen molar-refractivity contribution in [3.8, 4) is 17.2 Å². The molecule has 1 fully saturated rings. The van der Waals surface area contributed by atoms with Crippen molar-refractivity contribution in [2.45, 2.75) is 5.54 Å². The minimum absolute atomic E-state index is 0.241. The van der Waals surface area contributed by atoms with Gasteiger partial charge in [-0.05, 0) is 29.3 Å². The van der Waals surface area contributed by atoms with Crippen LogP contribution >= 0.6 is 11.6 Å². The number of aromatic nitrogens is 2. The van der Waals surface area contributed by atoms with Gasteiger partial charge in [-0.3, -0.25) is 4.98 Å². The van der Waals surface area contributed by atoms with E-state index in [0.29, 0.717) is 30.2 Å². The number of nitrogens with one attached hydrogen (secondary N) is 2. The Morgan fingerprint density at radius 2 is 1.88 bits per heavy atom. The Balaban J connectivity index is 1.63. The van der Waals surface area contributed by atoms with E-state index in [1.807, 2.05) is 36.4 Å². The van der Waals surface area contributed by atoms with Crippen LogP contribution in [0.4, 0.5) is 11.4 Å². The molecule has 1 atom stereocenters. The number of halogens is 1. The summed E-state index contributed by atoms with van der Waals surface area (Å²) in [5.74, 6) is 0. The van der Waals surface area contributed by atoms with Crippen molar-refractivity contribution in [2.24, 2.45) is 0 Å². The molecule has 2 N–H and O–H groups in total. The maximum absolute atomic E-state index is 11.6. The number of ether oxygens (including phenoxy) is 1. The van der Waals surface area contributed by atoms with Crippen LogP contribution in [0.15, 0.2) is 67.0 Å². The lowest BCUT2D eigenvalue weighted by Gasteiger charge is -2.43. The van der Waals surface area contributed by atoms with Gasteiger partial charge >= 0.3 is 0 Å². The lowest BCUT2D eigenvalue weighted by molar-refractivity contribution is -0.0446. The van der Waals surface area contributed by atoms with Crippen LogP contribution in [0, 0.1) is 11.3 Å². The minimum atomic E-state index is -1.29. The zero-order valence-corrected chi connectivity index (χ0v) is 19.8. The smallest absolute Gasteiger partial charge is 0.153 e. The zero-order valence-electron chi connectivity index (χ0n) is 18.2. The molecule has 9 heteroatoms. The van der Waals surface area contributed by atoms with Crippen LogP contribution < -0.4 is 10.0 Å². The second-order valence-electron chi connectivity index (χ2n) is 8.08. The highest BCUT2D eigenvalue weighted by Crippen LogP contribution is 2.38. The number of nitriles is 1. The Morgan fingerprint density at radius 3 is 2.56 bits per heavy atom. The second-order valence-corrected chi connectivity index (χ2v) is 9.55. The van der Waals surface area contributed by atoms with Crippen LogP contribution in [0.3, 0.4) is 0 Å². The predicted octanol–water partition coefficient (Wildman–Crippen LogP) is 4.86. The van der Waals surface area contributed by atoms with Crippen molar-refractivity contribution in [3.05, 3.63) is 83.3 Å². The first kappa shape index (κ1) is 22.3. The van der Waals surface area contributed by atoms with E-state index in [2.05, 4.69) is 38.2 Å². The third kappa shape index (κ3) is 4.10. The lowest BCUT2D eigenvalue weighted by atomic mass is 9.87. The quantitative estimate of drug-likeness (QED) is 0.375. The van der Waals surface area contributed by atoms with Gasteiger partial charge in [-0.2, -0.15) is 5.26 Å². The maximum atomic E-state index is 11.6.